The molecule has 1 amide bonds. The van der Waals surface area contributed by atoms with E-state index in [0.29, 0.717) is 18.7 Å². The van der Waals surface area contributed by atoms with E-state index < -0.39 is 17.7 Å². The van der Waals surface area contributed by atoms with Crippen LogP contribution in [-0.4, -0.2) is 53.0 Å². The van der Waals surface area contributed by atoms with Crippen molar-refractivity contribution in [2.24, 2.45) is 5.92 Å². The normalized spacial score (nSPS) is 20.1. The third kappa shape index (κ3) is 3.28. The summed E-state index contributed by atoms with van der Waals surface area (Å²) in [6.07, 6.45) is 0. The summed E-state index contributed by atoms with van der Waals surface area (Å²) in [5.41, 5.74) is 0.825. The monoisotopic (exact) mass is 368 g/mol. The number of halogens is 2. The van der Waals surface area contributed by atoms with Gasteiger partial charge in [0.05, 0.1) is 11.6 Å². The van der Waals surface area contributed by atoms with Gasteiger partial charge in [-0.1, -0.05) is 17.7 Å². The van der Waals surface area contributed by atoms with Crippen molar-refractivity contribution in [3.05, 3.63) is 46.1 Å². The third-order valence-electron chi connectivity index (χ3n) is 4.35. The molecule has 0 aliphatic carbocycles. The Morgan fingerprint density at radius 2 is 2.20 bits per heavy atom. The Labute approximate surface area is 149 Å². The number of fused-ring (bicyclic) bond motifs is 1. The van der Waals surface area contributed by atoms with E-state index in [1.165, 1.54) is 12.1 Å². The van der Waals surface area contributed by atoms with Gasteiger partial charge in [-0.15, -0.1) is 0 Å². The lowest BCUT2D eigenvalue weighted by Crippen LogP contribution is -2.47. The van der Waals surface area contributed by atoms with Crippen molar-refractivity contribution < 1.29 is 23.8 Å². The average molecular weight is 369 g/mol. The van der Waals surface area contributed by atoms with E-state index in [2.05, 4.69) is 0 Å². The Bertz CT molecular complexity index is 752. The van der Waals surface area contributed by atoms with Crippen molar-refractivity contribution in [3.63, 3.8) is 0 Å². The number of esters is 1. The molecular weight excluding hydrogens is 351 g/mol. The molecule has 2 heterocycles. The molecule has 1 atom stereocenters. The topological polar surface area (TPSA) is 70.1 Å². The highest BCUT2D eigenvalue weighted by Gasteiger charge is 2.43. The second-order valence-corrected chi connectivity index (χ2v) is 6.37. The lowest BCUT2D eigenvalue weighted by molar-refractivity contribution is -0.147. The van der Waals surface area contributed by atoms with Crippen LogP contribution in [0.1, 0.15) is 12.5 Å². The Morgan fingerprint density at radius 3 is 2.88 bits per heavy atom. The number of aliphatic hydroxyl groups excluding tert-OH is 1. The van der Waals surface area contributed by atoms with Crippen LogP contribution in [0.15, 0.2) is 29.7 Å². The summed E-state index contributed by atoms with van der Waals surface area (Å²) in [7, 11) is 0. The molecule has 0 bridgehead atoms. The van der Waals surface area contributed by atoms with Crippen molar-refractivity contribution >= 4 is 23.5 Å². The number of benzene rings is 1. The summed E-state index contributed by atoms with van der Waals surface area (Å²) in [5, 5.41) is 10.3. The largest absolute Gasteiger partial charge is 0.509 e. The molecule has 25 heavy (non-hydrogen) atoms. The predicted molar refractivity (Wildman–Crippen MR) is 88.2 cm³/mol. The van der Waals surface area contributed by atoms with Gasteiger partial charge in [-0.3, -0.25) is 9.59 Å². The first-order valence-electron chi connectivity index (χ1n) is 8.00. The highest BCUT2D eigenvalue weighted by Crippen LogP contribution is 2.32. The molecule has 0 spiro atoms. The molecule has 0 radical (unpaired) electrons. The number of ether oxygens (including phenoxy) is 1. The molecule has 2 aliphatic rings. The third-order valence-corrected chi connectivity index (χ3v) is 4.64. The van der Waals surface area contributed by atoms with E-state index in [9.17, 15) is 19.1 Å². The summed E-state index contributed by atoms with van der Waals surface area (Å²) in [6.45, 7) is 3.31. The number of hydrogen-bond acceptors (Lipinski definition) is 5. The minimum absolute atomic E-state index is 0.00566. The zero-order valence-electron chi connectivity index (χ0n) is 13.7. The summed E-state index contributed by atoms with van der Waals surface area (Å²) < 4.78 is 18.2. The number of rotatable bonds is 4. The fraction of sp³-hybridized carbons (Fsp3) is 0.412. The Hall–Kier alpha value is -2.28. The molecule has 8 heteroatoms. The quantitative estimate of drug-likeness (QED) is 0.824. The van der Waals surface area contributed by atoms with Crippen LogP contribution in [0.25, 0.3) is 0 Å². The van der Waals surface area contributed by atoms with E-state index in [4.69, 9.17) is 16.3 Å². The number of nitrogens with zero attached hydrogens (tertiary/aromatic N) is 2. The van der Waals surface area contributed by atoms with Gasteiger partial charge in [0.2, 0.25) is 0 Å². The van der Waals surface area contributed by atoms with E-state index in [1.807, 2.05) is 0 Å². The predicted octanol–water partition coefficient (Wildman–Crippen LogP) is 2.09. The molecule has 1 unspecified atom stereocenters. The van der Waals surface area contributed by atoms with Crippen LogP contribution >= 0.6 is 11.6 Å². The number of carbonyl (C=O) groups excluding carboxylic acids is 2. The number of aliphatic hydroxyl groups is 1. The summed E-state index contributed by atoms with van der Waals surface area (Å²) >= 11 is 5.78. The van der Waals surface area contributed by atoms with E-state index in [1.54, 1.807) is 22.8 Å². The van der Waals surface area contributed by atoms with Crippen molar-refractivity contribution in [1.82, 2.24) is 9.80 Å². The van der Waals surface area contributed by atoms with Gasteiger partial charge in [0.25, 0.3) is 5.91 Å². The van der Waals surface area contributed by atoms with Gasteiger partial charge in [0.15, 0.2) is 0 Å². The van der Waals surface area contributed by atoms with Crippen LogP contribution in [0.3, 0.4) is 0 Å². The van der Waals surface area contributed by atoms with Crippen molar-refractivity contribution in [2.45, 2.75) is 13.5 Å². The van der Waals surface area contributed by atoms with Crippen LogP contribution in [0.2, 0.25) is 5.02 Å². The van der Waals surface area contributed by atoms with Crippen LogP contribution in [-0.2, 0) is 20.9 Å². The maximum atomic E-state index is 13.3. The van der Waals surface area contributed by atoms with Gasteiger partial charge < -0.3 is 19.6 Å². The van der Waals surface area contributed by atoms with Gasteiger partial charge >= 0.3 is 5.97 Å². The molecule has 1 N–H and O–H groups in total. The molecule has 1 fully saturated rings. The van der Waals surface area contributed by atoms with Gasteiger partial charge in [0, 0.05) is 26.2 Å². The Morgan fingerprint density at radius 1 is 1.44 bits per heavy atom. The molecule has 0 saturated carbocycles. The fourth-order valence-electron chi connectivity index (χ4n) is 3.10. The van der Waals surface area contributed by atoms with Gasteiger partial charge in [-0.25, -0.2) is 4.39 Å². The number of carbonyl (C=O) groups is 2. The molecule has 1 saturated heterocycles. The van der Waals surface area contributed by atoms with Crippen LogP contribution in [0.5, 0.6) is 0 Å². The van der Waals surface area contributed by atoms with Crippen molar-refractivity contribution in [3.8, 4) is 0 Å². The molecular formula is C17H18ClFN2O4. The Balaban J connectivity index is 1.79. The van der Waals surface area contributed by atoms with Gasteiger partial charge in [0.1, 0.15) is 23.2 Å². The number of hydrogen-bond donors (Lipinski definition) is 1. The minimum Gasteiger partial charge on any atom is -0.509 e. The second kappa shape index (κ2) is 6.92. The van der Waals surface area contributed by atoms with Gasteiger partial charge in [-0.2, -0.15) is 0 Å². The zero-order chi connectivity index (χ0) is 18.1. The number of piperazine rings is 1. The Kier molecular flexibility index (Phi) is 4.85. The lowest BCUT2D eigenvalue weighted by atomic mass is 10.1. The van der Waals surface area contributed by atoms with Crippen molar-refractivity contribution in [1.29, 1.82) is 0 Å². The van der Waals surface area contributed by atoms with Crippen LogP contribution < -0.4 is 0 Å². The van der Waals surface area contributed by atoms with E-state index in [0.717, 1.165) is 0 Å². The minimum atomic E-state index is -0.834. The number of amides is 1. The summed E-state index contributed by atoms with van der Waals surface area (Å²) in [5.74, 6) is -2.50. The first-order chi connectivity index (χ1) is 11.9. The summed E-state index contributed by atoms with van der Waals surface area (Å²) in [6, 6.07) is 4.29. The standard InChI is InChI=1S/C17H18ClFN2O4/c1-2-25-17(24)11-9-20-5-6-21(16(23)14(20)15(11)22)8-10-3-4-13(19)12(18)7-10/h3-4,7,11,22H,2,5-6,8-9H2,1H3. The fourth-order valence-corrected chi connectivity index (χ4v) is 3.31. The molecule has 3 rings (SSSR count). The van der Waals surface area contributed by atoms with Crippen molar-refractivity contribution in [2.75, 3.05) is 26.2 Å². The second-order valence-electron chi connectivity index (χ2n) is 5.96. The maximum absolute atomic E-state index is 13.3. The van der Waals surface area contributed by atoms with Crippen LogP contribution in [0, 0.1) is 11.7 Å². The highest BCUT2D eigenvalue weighted by atomic mass is 35.5. The summed E-state index contributed by atoms with van der Waals surface area (Å²) in [4.78, 5) is 27.9. The lowest BCUT2D eigenvalue weighted by Gasteiger charge is -2.34. The maximum Gasteiger partial charge on any atom is 0.318 e. The smallest absolute Gasteiger partial charge is 0.318 e. The SMILES string of the molecule is CCOC(=O)C1CN2CCN(Cc3ccc(F)c(Cl)c3)C(=O)C2=C1O. The van der Waals surface area contributed by atoms with Gasteiger partial charge in [-0.05, 0) is 24.6 Å². The zero-order valence-corrected chi connectivity index (χ0v) is 14.4. The molecule has 1 aromatic rings. The molecule has 1 aromatic carbocycles. The highest BCUT2D eigenvalue weighted by molar-refractivity contribution is 6.30. The molecule has 0 aromatic heterocycles. The first-order valence-corrected chi connectivity index (χ1v) is 8.38. The van der Waals surface area contributed by atoms with E-state index >= 15 is 0 Å². The average Bonchev–Trinajstić information content (AvgIpc) is 2.91. The molecule has 6 nitrogen and oxygen atoms in total. The molecule has 134 valence electrons. The van der Waals surface area contributed by atoms with E-state index in [-0.39, 0.29) is 42.1 Å². The molecule has 2 aliphatic heterocycles. The van der Waals surface area contributed by atoms with Crippen LogP contribution in [0.4, 0.5) is 4.39 Å². The first kappa shape index (κ1) is 17.5.